The molecule has 0 radical (unpaired) electrons. The molecule has 1 rings (SSSR count). The molecule has 0 fully saturated rings. The summed E-state index contributed by atoms with van der Waals surface area (Å²) >= 11 is 0. The van der Waals surface area contributed by atoms with Crippen LogP contribution in [-0.2, 0) is 16.0 Å². The molecule has 5 heteroatoms. The molecule has 1 aromatic rings. The summed E-state index contributed by atoms with van der Waals surface area (Å²) in [5.41, 5.74) is 0.311. The van der Waals surface area contributed by atoms with Gasteiger partial charge in [-0.25, -0.2) is 4.39 Å². The summed E-state index contributed by atoms with van der Waals surface area (Å²) in [6.07, 6.45) is 0.552. The smallest absolute Gasteiger partial charge is 0.239 e. The van der Waals surface area contributed by atoms with Gasteiger partial charge < -0.3 is 10.6 Å². The highest BCUT2D eigenvalue weighted by Crippen LogP contribution is 2.11. The van der Waals surface area contributed by atoms with Gasteiger partial charge in [-0.2, -0.15) is 0 Å². The molecule has 0 aromatic heterocycles. The van der Waals surface area contributed by atoms with E-state index in [0.29, 0.717) is 13.0 Å². The summed E-state index contributed by atoms with van der Waals surface area (Å²) in [5, 5.41) is 5.25. The number of hydrogen-bond acceptors (Lipinski definition) is 2. The van der Waals surface area contributed by atoms with Crippen LogP contribution in [0.3, 0.4) is 0 Å². The van der Waals surface area contributed by atoms with Crippen molar-refractivity contribution in [3.63, 3.8) is 0 Å². The molecule has 0 saturated heterocycles. The van der Waals surface area contributed by atoms with E-state index in [2.05, 4.69) is 10.6 Å². The fourth-order valence-corrected chi connectivity index (χ4v) is 1.53. The van der Waals surface area contributed by atoms with Gasteiger partial charge in [-0.1, -0.05) is 32.9 Å². The summed E-state index contributed by atoms with van der Waals surface area (Å²) in [4.78, 5) is 23.1. The van der Waals surface area contributed by atoms with Gasteiger partial charge >= 0.3 is 0 Å². The van der Waals surface area contributed by atoms with E-state index in [9.17, 15) is 14.0 Å². The van der Waals surface area contributed by atoms with Gasteiger partial charge in [0, 0.05) is 12.0 Å². The first kappa shape index (κ1) is 16.1. The summed E-state index contributed by atoms with van der Waals surface area (Å²) in [6, 6.07) is 6.25. The average molecular weight is 280 g/mol. The SMILES string of the molecule is CC(C)(C)C(=O)NCC(=O)NCCc1cccc(F)c1. The number of carbonyl (C=O) groups excluding carboxylic acids is 2. The molecule has 4 nitrogen and oxygen atoms in total. The molecule has 2 amide bonds. The monoisotopic (exact) mass is 280 g/mol. The van der Waals surface area contributed by atoms with Gasteiger partial charge in [0.1, 0.15) is 5.82 Å². The molecule has 1 aromatic carbocycles. The van der Waals surface area contributed by atoms with E-state index in [1.54, 1.807) is 32.9 Å². The van der Waals surface area contributed by atoms with E-state index in [0.717, 1.165) is 5.56 Å². The number of nitrogens with one attached hydrogen (secondary N) is 2. The second kappa shape index (κ2) is 7.03. The van der Waals surface area contributed by atoms with Crippen LogP contribution in [0.2, 0.25) is 0 Å². The molecule has 0 spiro atoms. The molecular formula is C15H21FN2O2. The van der Waals surface area contributed by atoms with Gasteiger partial charge in [0.2, 0.25) is 11.8 Å². The maximum atomic E-state index is 12.9. The first-order valence-electron chi connectivity index (χ1n) is 6.58. The quantitative estimate of drug-likeness (QED) is 0.861. The van der Waals surface area contributed by atoms with Gasteiger partial charge in [0.05, 0.1) is 6.54 Å². The molecule has 0 unspecified atom stereocenters. The normalized spacial score (nSPS) is 11.0. The van der Waals surface area contributed by atoms with Crippen molar-refractivity contribution in [2.24, 2.45) is 5.41 Å². The number of rotatable bonds is 5. The zero-order chi connectivity index (χ0) is 15.2. The van der Waals surface area contributed by atoms with Crippen LogP contribution in [0.15, 0.2) is 24.3 Å². The third-order valence-corrected chi connectivity index (χ3v) is 2.72. The Bertz CT molecular complexity index is 481. The summed E-state index contributed by atoms with van der Waals surface area (Å²) in [6.45, 7) is 5.71. The van der Waals surface area contributed by atoms with Crippen molar-refractivity contribution >= 4 is 11.8 Å². The molecular weight excluding hydrogens is 259 g/mol. The summed E-state index contributed by atoms with van der Waals surface area (Å²) in [7, 11) is 0. The van der Waals surface area contributed by atoms with Crippen LogP contribution in [0.5, 0.6) is 0 Å². The highest BCUT2D eigenvalue weighted by Gasteiger charge is 2.21. The van der Waals surface area contributed by atoms with Crippen LogP contribution in [0.4, 0.5) is 4.39 Å². The Balaban J connectivity index is 2.26. The number of benzene rings is 1. The lowest BCUT2D eigenvalue weighted by molar-refractivity contribution is -0.131. The van der Waals surface area contributed by atoms with Gasteiger partial charge in [0.25, 0.3) is 0 Å². The van der Waals surface area contributed by atoms with Crippen molar-refractivity contribution in [1.29, 1.82) is 0 Å². The maximum Gasteiger partial charge on any atom is 0.239 e. The van der Waals surface area contributed by atoms with Crippen molar-refractivity contribution in [3.05, 3.63) is 35.6 Å². The second-order valence-corrected chi connectivity index (χ2v) is 5.66. The van der Waals surface area contributed by atoms with Gasteiger partial charge in [-0.15, -0.1) is 0 Å². The van der Waals surface area contributed by atoms with E-state index in [1.165, 1.54) is 12.1 Å². The van der Waals surface area contributed by atoms with E-state index < -0.39 is 5.41 Å². The van der Waals surface area contributed by atoms with E-state index in [4.69, 9.17) is 0 Å². The Morgan fingerprint density at radius 1 is 1.20 bits per heavy atom. The zero-order valence-electron chi connectivity index (χ0n) is 12.1. The zero-order valence-corrected chi connectivity index (χ0v) is 12.1. The van der Waals surface area contributed by atoms with Gasteiger partial charge in [-0.3, -0.25) is 9.59 Å². The lowest BCUT2D eigenvalue weighted by Crippen LogP contribution is -2.42. The molecule has 110 valence electrons. The standard InChI is InChI=1S/C15H21FN2O2/c1-15(2,3)14(20)18-10-13(19)17-8-7-11-5-4-6-12(16)9-11/h4-6,9H,7-8,10H2,1-3H3,(H,17,19)(H,18,20). The molecule has 0 heterocycles. The number of hydrogen-bond donors (Lipinski definition) is 2. The molecule has 0 aliphatic heterocycles. The lowest BCUT2D eigenvalue weighted by Gasteiger charge is -2.17. The molecule has 0 saturated carbocycles. The minimum atomic E-state index is -0.512. The van der Waals surface area contributed by atoms with Crippen molar-refractivity contribution in [1.82, 2.24) is 10.6 Å². The Morgan fingerprint density at radius 3 is 2.50 bits per heavy atom. The van der Waals surface area contributed by atoms with E-state index >= 15 is 0 Å². The van der Waals surface area contributed by atoms with Crippen LogP contribution in [-0.4, -0.2) is 24.9 Å². The maximum absolute atomic E-state index is 12.9. The van der Waals surface area contributed by atoms with E-state index in [1.807, 2.05) is 0 Å². The van der Waals surface area contributed by atoms with Crippen LogP contribution in [0.25, 0.3) is 0 Å². The van der Waals surface area contributed by atoms with E-state index in [-0.39, 0.29) is 24.2 Å². The second-order valence-electron chi connectivity index (χ2n) is 5.66. The predicted octanol–water partition coefficient (Wildman–Crippen LogP) is 1.65. The Morgan fingerprint density at radius 2 is 1.90 bits per heavy atom. The van der Waals surface area contributed by atoms with Crippen molar-refractivity contribution < 1.29 is 14.0 Å². The summed E-state index contributed by atoms with van der Waals surface area (Å²) in [5.74, 6) is -0.706. The Labute approximate surface area is 118 Å². The highest BCUT2D eigenvalue weighted by atomic mass is 19.1. The predicted molar refractivity (Wildman–Crippen MR) is 75.6 cm³/mol. The topological polar surface area (TPSA) is 58.2 Å². The molecule has 20 heavy (non-hydrogen) atoms. The Kier molecular flexibility index (Phi) is 5.67. The molecule has 0 atom stereocenters. The van der Waals surface area contributed by atoms with Crippen LogP contribution in [0.1, 0.15) is 26.3 Å². The number of halogens is 1. The van der Waals surface area contributed by atoms with Crippen molar-refractivity contribution in [2.45, 2.75) is 27.2 Å². The van der Waals surface area contributed by atoms with Crippen molar-refractivity contribution in [3.8, 4) is 0 Å². The minimum absolute atomic E-state index is 0.0424. The third-order valence-electron chi connectivity index (χ3n) is 2.72. The Hall–Kier alpha value is -1.91. The lowest BCUT2D eigenvalue weighted by atomic mass is 9.96. The molecule has 0 aliphatic rings. The van der Waals surface area contributed by atoms with Crippen LogP contribution >= 0.6 is 0 Å². The summed E-state index contributed by atoms with van der Waals surface area (Å²) < 4.78 is 12.9. The average Bonchev–Trinajstić information content (AvgIpc) is 2.35. The fraction of sp³-hybridized carbons (Fsp3) is 0.467. The van der Waals surface area contributed by atoms with Crippen LogP contribution < -0.4 is 10.6 Å². The van der Waals surface area contributed by atoms with Gasteiger partial charge in [0.15, 0.2) is 0 Å². The molecule has 0 bridgehead atoms. The third kappa shape index (κ3) is 5.82. The molecule has 0 aliphatic carbocycles. The first-order chi connectivity index (χ1) is 9.29. The first-order valence-corrected chi connectivity index (χ1v) is 6.58. The number of amides is 2. The number of carbonyl (C=O) groups is 2. The molecule has 2 N–H and O–H groups in total. The minimum Gasteiger partial charge on any atom is -0.354 e. The largest absolute Gasteiger partial charge is 0.354 e. The van der Waals surface area contributed by atoms with Gasteiger partial charge in [-0.05, 0) is 24.1 Å². The fourth-order valence-electron chi connectivity index (χ4n) is 1.53. The van der Waals surface area contributed by atoms with Crippen molar-refractivity contribution in [2.75, 3.05) is 13.1 Å². The highest BCUT2D eigenvalue weighted by molar-refractivity contribution is 5.87. The van der Waals surface area contributed by atoms with Crippen LogP contribution in [0, 0.1) is 11.2 Å².